The molecule has 0 saturated carbocycles. The van der Waals surface area contributed by atoms with Gasteiger partial charge in [-0.2, -0.15) is 0 Å². The molecule has 0 amide bonds. The maximum atomic E-state index is 4.38. The summed E-state index contributed by atoms with van der Waals surface area (Å²) < 4.78 is 0. The van der Waals surface area contributed by atoms with Gasteiger partial charge in [-0.15, -0.1) is 5.73 Å². The van der Waals surface area contributed by atoms with Crippen LogP contribution < -0.4 is 10.4 Å². The lowest BCUT2D eigenvalue weighted by Gasteiger charge is -2.38. The Bertz CT molecular complexity index is 1080. The van der Waals surface area contributed by atoms with Crippen molar-refractivity contribution in [1.29, 1.82) is 0 Å². The normalized spacial score (nSPS) is 16.0. The molecule has 3 rings (SSSR count). The van der Waals surface area contributed by atoms with Crippen LogP contribution in [0.25, 0.3) is 5.70 Å². The van der Waals surface area contributed by atoms with Crippen LogP contribution >= 0.6 is 0 Å². The van der Waals surface area contributed by atoms with Gasteiger partial charge in [-0.3, -0.25) is 20.4 Å². The van der Waals surface area contributed by atoms with Gasteiger partial charge in [0.2, 0.25) is 0 Å². The predicted octanol–water partition coefficient (Wildman–Crippen LogP) is 5.35. The Morgan fingerprint density at radius 2 is 2.03 bits per heavy atom. The maximum absolute atomic E-state index is 4.38. The third-order valence-electron chi connectivity index (χ3n) is 6.20. The highest BCUT2D eigenvalue weighted by Crippen LogP contribution is 2.35. The molecule has 0 aliphatic carbocycles. The third kappa shape index (κ3) is 6.95. The van der Waals surface area contributed by atoms with Gasteiger partial charge in [-0.05, 0) is 76.8 Å². The molecule has 6 nitrogen and oxygen atoms in total. The number of nitrogens with one attached hydrogen (secondary N) is 1. The number of hydrazine groups is 1. The Morgan fingerprint density at radius 1 is 1.26 bits per heavy atom. The second-order valence-corrected chi connectivity index (χ2v) is 9.12. The molecule has 184 valence electrons. The highest BCUT2D eigenvalue weighted by Gasteiger charge is 2.28. The molecule has 0 spiro atoms. The number of hydrogen-bond acceptors (Lipinski definition) is 6. The molecule has 35 heavy (non-hydrogen) atoms. The molecule has 2 aromatic rings. The van der Waals surface area contributed by atoms with Crippen LogP contribution in [0.15, 0.2) is 84.5 Å². The van der Waals surface area contributed by atoms with Crippen LogP contribution in [0.3, 0.4) is 0 Å². The van der Waals surface area contributed by atoms with E-state index in [-0.39, 0.29) is 6.04 Å². The number of aromatic nitrogens is 1. The first-order valence-corrected chi connectivity index (χ1v) is 12.1. The van der Waals surface area contributed by atoms with Gasteiger partial charge in [0.25, 0.3) is 0 Å². The van der Waals surface area contributed by atoms with Crippen molar-refractivity contribution in [2.24, 2.45) is 4.99 Å². The quantitative estimate of drug-likeness (QED) is 0.220. The molecular formula is C29H38N6. The first kappa shape index (κ1) is 26.0. The number of nitrogens with zero attached hydrogens (tertiary/aromatic N) is 5. The van der Waals surface area contributed by atoms with Gasteiger partial charge in [0.1, 0.15) is 5.70 Å². The molecule has 6 heteroatoms. The van der Waals surface area contributed by atoms with Crippen LogP contribution in [0.4, 0.5) is 11.4 Å². The average molecular weight is 471 g/mol. The van der Waals surface area contributed by atoms with Crippen LogP contribution in [0.1, 0.15) is 30.4 Å². The molecule has 0 radical (unpaired) electrons. The molecule has 0 bridgehead atoms. The van der Waals surface area contributed by atoms with Gasteiger partial charge in [-0.25, -0.2) is 0 Å². The smallest absolute Gasteiger partial charge is 0.103 e. The van der Waals surface area contributed by atoms with Gasteiger partial charge < -0.3 is 9.80 Å². The van der Waals surface area contributed by atoms with E-state index in [1.54, 1.807) is 12.4 Å². The fourth-order valence-electron chi connectivity index (χ4n) is 4.36. The SMILES string of the molecule is C=C=C(NN(c1c(C)cccc1N=C)C1CCCCN(C(=C)/C=C/CN(C)C)C1)c1ccncc1. The van der Waals surface area contributed by atoms with Crippen molar-refractivity contribution in [2.75, 3.05) is 38.7 Å². The average Bonchev–Trinajstić information content (AvgIpc) is 3.12. The van der Waals surface area contributed by atoms with E-state index in [2.05, 4.69) is 95.1 Å². The summed E-state index contributed by atoms with van der Waals surface area (Å²) in [6.45, 7) is 17.0. The summed E-state index contributed by atoms with van der Waals surface area (Å²) in [5.41, 5.74) is 12.5. The van der Waals surface area contributed by atoms with Crippen molar-refractivity contribution in [3.8, 4) is 0 Å². The fourth-order valence-corrected chi connectivity index (χ4v) is 4.36. The van der Waals surface area contributed by atoms with E-state index in [1.165, 1.54) is 0 Å². The second kappa shape index (κ2) is 12.7. The third-order valence-corrected chi connectivity index (χ3v) is 6.20. The number of aryl methyl sites for hydroxylation is 1. The summed E-state index contributed by atoms with van der Waals surface area (Å²) >= 11 is 0. The van der Waals surface area contributed by atoms with Crippen molar-refractivity contribution < 1.29 is 0 Å². The van der Waals surface area contributed by atoms with Gasteiger partial charge in [-0.1, -0.05) is 31.4 Å². The Morgan fingerprint density at radius 3 is 2.71 bits per heavy atom. The summed E-state index contributed by atoms with van der Waals surface area (Å²) in [6.07, 6.45) is 11.1. The molecule has 1 aromatic heterocycles. The molecule has 1 saturated heterocycles. The van der Waals surface area contributed by atoms with Gasteiger partial charge in [0.15, 0.2) is 0 Å². The number of hydrogen-bond donors (Lipinski definition) is 1. The van der Waals surface area contributed by atoms with Crippen molar-refractivity contribution in [1.82, 2.24) is 20.2 Å². The highest BCUT2D eigenvalue weighted by molar-refractivity contribution is 5.75. The van der Waals surface area contributed by atoms with Crippen LogP contribution in [-0.2, 0) is 0 Å². The first-order chi connectivity index (χ1) is 16.9. The van der Waals surface area contributed by atoms with E-state index in [0.29, 0.717) is 0 Å². The molecule has 1 unspecified atom stereocenters. The zero-order chi connectivity index (χ0) is 25.2. The van der Waals surface area contributed by atoms with Crippen LogP contribution in [0, 0.1) is 6.92 Å². The van der Waals surface area contributed by atoms with E-state index >= 15 is 0 Å². The minimum Gasteiger partial charge on any atom is -0.370 e. The zero-order valence-electron chi connectivity index (χ0n) is 21.4. The number of allylic oxidation sites excluding steroid dienone is 1. The number of pyridine rings is 1. The lowest BCUT2D eigenvalue weighted by Crippen LogP contribution is -2.49. The zero-order valence-corrected chi connectivity index (χ0v) is 21.4. The van der Waals surface area contributed by atoms with Gasteiger partial charge >= 0.3 is 0 Å². The number of aliphatic imine (C=N–C) groups is 1. The van der Waals surface area contributed by atoms with Gasteiger partial charge in [0.05, 0.1) is 17.4 Å². The number of benzene rings is 1. The molecule has 1 fully saturated rings. The lowest BCUT2D eigenvalue weighted by molar-refractivity contribution is 0.340. The number of anilines is 1. The molecule has 2 heterocycles. The van der Waals surface area contributed by atoms with E-state index in [4.69, 9.17) is 0 Å². The van der Waals surface area contributed by atoms with Crippen molar-refractivity contribution in [3.63, 3.8) is 0 Å². The topological polar surface area (TPSA) is 47.0 Å². The van der Waals surface area contributed by atoms with Crippen molar-refractivity contribution >= 4 is 23.8 Å². The Kier molecular flexibility index (Phi) is 9.47. The number of likely N-dealkylation sites (N-methyl/N-ethyl adjacent to an activating group) is 1. The van der Waals surface area contributed by atoms with Crippen molar-refractivity contribution in [2.45, 2.75) is 32.2 Å². The minimum absolute atomic E-state index is 0.170. The largest absolute Gasteiger partial charge is 0.370 e. The number of likely N-dealkylation sites (tertiary alicyclic amines) is 1. The van der Waals surface area contributed by atoms with E-state index in [1.807, 2.05) is 24.3 Å². The molecule has 1 aliphatic heterocycles. The maximum Gasteiger partial charge on any atom is 0.103 e. The monoisotopic (exact) mass is 470 g/mol. The Labute approximate surface area is 210 Å². The van der Waals surface area contributed by atoms with Gasteiger partial charge in [0, 0.05) is 43.3 Å². The van der Waals surface area contributed by atoms with Crippen LogP contribution in [0.2, 0.25) is 0 Å². The molecule has 1 aromatic carbocycles. The molecule has 1 atom stereocenters. The van der Waals surface area contributed by atoms with E-state index < -0.39 is 0 Å². The van der Waals surface area contributed by atoms with Crippen LogP contribution in [0.5, 0.6) is 0 Å². The lowest BCUT2D eigenvalue weighted by atomic mass is 10.1. The summed E-state index contributed by atoms with van der Waals surface area (Å²) in [5, 5.41) is 2.24. The van der Waals surface area contributed by atoms with E-state index in [9.17, 15) is 0 Å². The summed E-state index contributed by atoms with van der Waals surface area (Å²) in [6, 6.07) is 10.2. The molecule has 1 N–H and O–H groups in total. The Hall–Kier alpha value is -3.60. The number of para-hydroxylation sites is 1. The molecule has 1 aliphatic rings. The summed E-state index contributed by atoms with van der Waals surface area (Å²) in [5.74, 6) is 0. The van der Waals surface area contributed by atoms with Crippen LogP contribution in [-0.4, -0.2) is 61.3 Å². The Balaban J connectivity index is 1.98. The van der Waals surface area contributed by atoms with Crippen molar-refractivity contribution in [3.05, 3.63) is 90.6 Å². The standard InChI is InChI=1S/C29H38N6/c1-7-27(25-16-18-31-19-17-25)32-35(29-23(2)12-10-15-28(29)30-4)26-14-8-9-21-34(22-26)24(3)13-11-20-33(5)6/h10-13,15-19,26,32H,1,3-4,8-9,14,20-22H2,2,5-6H3/b13-11+. The fraction of sp³-hybridized carbons (Fsp3) is 0.345. The minimum atomic E-state index is 0.170. The van der Waals surface area contributed by atoms with E-state index in [0.717, 1.165) is 72.8 Å². The predicted molar refractivity (Wildman–Crippen MR) is 149 cm³/mol. The first-order valence-electron chi connectivity index (χ1n) is 12.1. The highest BCUT2D eigenvalue weighted by atomic mass is 15.5. The number of rotatable bonds is 10. The summed E-state index contributed by atoms with van der Waals surface area (Å²) in [4.78, 5) is 13.0. The molecular weight excluding hydrogens is 432 g/mol. The second-order valence-electron chi connectivity index (χ2n) is 9.12. The summed E-state index contributed by atoms with van der Waals surface area (Å²) in [7, 11) is 4.14.